The van der Waals surface area contributed by atoms with E-state index in [0.29, 0.717) is 17.1 Å². The fourth-order valence-corrected chi connectivity index (χ4v) is 3.45. The first-order chi connectivity index (χ1) is 8.56. The molecule has 0 bridgehead atoms. The van der Waals surface area contributed by atoms with Crippen LogP contribution < -0.4 is 5.32 Å². The van der Waals surface area contributed by atoms with Gasteiger partial charge in [-0.2, -0.15) is 0 Å². The number of benzene rings is 1. The predicted molar refractivity (Wildman–Crippen MR) is 78.6 cm³/mol. The highest BCUT2D eigenvalue weighted by Gasteiger charge is 2.19. The zero-order valence-corrected chi connectivity index (χ0v) is 13.2. The van der Waals surface area contributed by atoms with E-state index < -0.39 is 0 Å². The molecule has 1 saturated carbocycles. The van der Waals surface area contributed by atoms with Crippen molar-refractivity contribution in [2.75, 3.05) is 0 Å². The summed E-state index contributed by atoms with van der Waals surface area (Å²) in [7, 11) is 0. The highest BCUT2D eigenvalue weighted by atomic mass is 79.9. The van der Waals surface area contributed by atoms with Crippen LogP contribution in [-0.4, -0.2) is 22.4 Å². The molecule has 0 amide bonds. The summed E-state index contributed by atoms with van der Waals surface area (Å²) in [5, 5.41) is 22.7. The summed E-state index contributed by atoms with van der Waals surface area (Å²) in [6, 6.07) is 3.97. The van der Waals surface area contributed by atoms with Crippen LogP contribution in [0.5, 0.6) is 5.75 Å². The largest absolute Gasteiger partial charge is 0.507 e. The van der Waals surface area contributed by atoms with Crippen molar-refractivity contribution < 1.29 is 10.2 Å². The van der Waals surface area contributed by atoms with Gasteiger partial charge in [0.2, 0.25) is 0 Å². The van der Waals surface area contributed by atoms with Gasteiger partial charge in [-0.15, -0.1) is 0 Å². The summed E-state index contributed by atoms with van der Waals surface area (Å²) in [6.07, 6.45) is 3.75. The van der Waals surface area contributed by atoms with Gasteiger partial charge in [0.15, 0.2) is 0 Å². The fourth-order valence-electron chi connectivity index (χ4n) is 2.32. The van der Waals surface area contributed by atoms with E-state index in [1.807, 2.05) is 6.07 Å². The summed E-state index contributed by atoms with van der Waals surface area (Å²) in [5.41, 5.74) is 1.02. The van der Waals surface area contributed by atoms with Gasteiger partial charge in [0.05, 0.1) is 10.6 Å². The Labute approximate surface area is 124 Å². The van der Waals surface area contributed by atoms with Crippen molar-refractivity contribution in [3.8, 4) is 5.75 Å². The second kappa shape index (κ2) is 6.37. The topological polar surface area (TPSA) is 52.5 Å². The zero-order chi connectivity index (χ0) is 13.1. The molecule has 1 aliphatic carbocycles. The molecule has 0 aliphatic heterocycles. The number of aromatic hydroxyl groups is 1. The van der Waals surface area contributed by atoms with Crippen LogP contribution in [0.15, 0.2) is 21.1 Å². The molecule has 18 heavy (non-hydrogen) atoms. The first-order valence-corrected chi connectivity index (χ1v) is 7.73. The minimum atomic E-state index is -0.169. The Morgan fingerprint density at radius 3 is 2.72 bits per heavy atom. The lowest BCUT2D eigenvalue weighted by molar-refractivity contribution is 0.111. The summed E-state index contributed by atoms with van der Waals surface area (Å²) in [6.45, 7) is 0.693. The Morgan fingerprint density at radius 2 is 2.00 bits per heavy atom. The van der Waals surface area contributed by atoms with Crippen LogP contribution in [0, 0.1) is 0 Å². The molecule has 0 radical (unpaired) electrons. The number of phenolic OH excluding ortho intramolecular Hbond substituents is 1. The number of aliphatic hydroxyl groups is 1. The molecule has 2 rings (SSSR count). The van der Waals surface area contributed by atoms with E-state index in [4.69, 9.17) is 0 Å². The van der Waals surface area contributed by atoms with Crippen LogP contribution >= 0.6 is 31.9 Å². The molecule has 3 nitrogen and oxygen atoms in total. The first-order valence-electron chi connectivity index (χ1n) is 6.14. The van der Waals surface area contributed by atoms with Gasteiger partial charge in [-0.25, -0.2) is 0 Å². The summed E-state index contributed by atoms with van der Waals surface area (Å²) in [5.74, 6) is 0.249. The van der Waals surface area contributed by atoms with Crippen molar-refractivity contribution in [3.05, 3.63) is 26.6 Å². The van der Waals surface area contributed by atoms with Crippen molar-refractivity contribution in [1.29, 1.82) is 0 Å². The highest BCUT2D eigenvalue weighted by Crippen LogP contribution is 2.30. The average molecular weight is 379 g/mol. The maximum atomic E-state index is 9.67. The number of hydrogen-bond donors (Lipinski definition) is 3. The number of halogens is 2. The molecule has 1 fully saturated rings. The zero-order valence-electron chi connectivity index (χ0n) is 10.00. The van der Waals surface area contributed by atoms with Crippen LogP contribution in [0.25, 0.3) is 0 Å². The average Bonchev–Trinajstić information content (AvgIpc) is 2.32. The van der Waals surface area contributed by atoms with Crippen molar-refractivity contribution in [3.63, 3.8) is 0 Å². The minimum Gasteiger partial charge on any atom is -0.507 e. The van der Waals surface area contributed by atoms with Crippen molar-refractivity contribution >= 4 is 31.9 Å². The quantitative estimate of drug-likeness (QED) is 0.756. The maximum absolute atomic E-state index is 9.67. The summed E-state index contributed by atoms with van der Waals surface area (Å²) >= 11 is 6.77. The molecule has 0 aromatic heterocycles. The van der Waals surface area contributed by atoms with Gasteiger partial charge in [-0.3, -0.25) is 0 Å². The third kappa shape index (κ3) is 3.70. The number of rotatable bonds is 3. The van der Waals surface area contributed by atoms with Gasteiger partial charge >= 0.3 is 0 Å². The third-order valence-electron chi connectivity index (χ3n) is 3.34. The lowest BCUT2D eigenvalue weighted by Gasteiger charge is -2.27. The van der Waals surface area contributed by atoms with E-state index in [1.165, 1.54) is 0 Å². The normalized spacial score (nSPS) is 24.2. The fraction of sp³-hybridized carbons (Fsp3) is 0.538. The van der Waals surface area contributed by atoms with E-state index in [0.717, 1.165) is 35.7 Å². The van der Waals surface area contributed by atoms with Crippen LogP contribution in [0.2, 0.25) is 0 Å². The van der Waals surface area contributed by atoms with Crippen molar-refractivity contribution in [2.45, 2.75) is 44.4 Å². The van der Waals surface area contributed by atoms with Gasteiger partial charge < -0.3 is 15.5 Å². The SMILES string of the molecule is Oc1cc(CN[C@H]2CCC[C@@H](O)C2)c(Br)cc1Br. The Balaban J connectivity index is 1.95. The van der Waals surface area contributed by atoms with Crippen LogP contribution in [0.1, 0.15) is 31.2 Å². The first kappa shape index (κ1) is 14.3. The molecule has 100 valence electrons. The van der Waals surface area contributed by atoms with Gasteiger partial charge in [0, 0.05) is 17.1 Å². The van der Waals surface area contributed by atoms with Crippen LogP contribution in [-0.2, 0) is 6.54 Å². The second-order valence-electron chi connectivity index (χ2n) is 4.79. The van der Waals surface area contributed by atoms with Crippen LogP contribution in [0.3, 0.4) is 0 Å². The van der Waals surface area contributed by atoms with Gasteiger partial charge in [-0.05, 0) is 59.3 Å². The summed E-state index contributed by atoms with van der Waals surface area (Å²) < 4.78 is 1.65. The van der Waals surface area contributed by atoms with E-state index in [-0.39, 0.29) is 11.9 Å². The molecule has 0 spiro atoms. The molecule has 0 unspecified atom stereocenters. The Kier molecular flexibility index (Phi) is 5.06. The second-order valence-corrected chi connectivity index (χ2v) is 6.50. The molecular formula is C13H17Br2NO2. The Morgan fingerprint density at radius 1 is 1.22 bits per heavy atom. The Hall–Kier alpha value is -0.100. The van der Waals surface area contributed by atoms with Gasteiger partial charge in [-0.1, -0.05) is 15.9 Å². The van der Waals surface area contributed by atoms with E-state index in [9.17, 15) is 10.2 Å². The molecular weight excluding hydrogens is 362 g/mol. The maximum Gasteiger partial charge on any atom is 0.130 e. The van der Waals surface area contributed by atoms with Gasteiger partial charge in [0.1, 0.15) is 5.75 Å². The lowest BCUT2D eigenvalue weighted by atomic mass is 9.93. The Bertz CT molecular complexity index is 426. The van der Waals surface area contributed by atoms with E-state index in [1.54, 1.807) is 6.07 Å². The van der Waals surface area contributed by atoms with Crippen LogP contribution in [0.4, 0.5) is 0 Å². The van der Waals surface area contributed by atoms with Gasteiger partial charge in [0.25, 0.3) is 0 Å². The highest BCUT2D eigenvalue weighted by molar-refractivity contribution is 9.11. The number of aliphatic hydroxyl groups excluding tert-OH is 1. The lowest BCUT2D eigenvalue weighted by Crippen LogP contribution is -2.35. The predicted octanol–water partition coefficient (Wildman–Crippen LogP) is 3.31. The molecule has 3 N–H and O–H groups in total. The molecule has 0 heterocycles. The summed E-state index contributed by atoms with van der Waals surface area (Å²) in [4.78, 5) is 0. The number of hydrogen-bond acceptors (Lipinski definition) is 3. The van der Waals surface area contributed by atoms with Crippen molar-refractivity contribution in [2.24, 2.45) is 0 Å². The van der Waals surface area contributed by atoms with Crippen molar-refractivity contribution in [1.82, 2.24) is 5.32 Å². The standard InChI is InChI=1S/C13H17Br2NO2/c14-11-6-12(15)13(18)4-8(11)7-16-9-2-1-3-10(17)5-9/h4,6,9-10,16-18H,1-3,5,7H2/t9-,10+/m0/s1. The molecule has 5 heteroatoms. The molecule has 0 saturated heterocycles. The van der Waals surface area contributed by atoms with E-state index in [2.05, 4.69) is 37.2 Å². The monoisotopic (exact) mass is 377 g/mol. The number of phenols is 1. The molecule has 2 atom stereocenters. The minimum absolute atomic E-state index is 0.169. The molecule has 1 aliphatic rings. The number of nitrogens with one attached hydrogen (secondary N) is 1. The molecule has 1 aromatic carbocycles. The smallest absolute Gasteiger partial charge is 0.130 e. The van der Waals surface area contributed by atoms with E-state index >= 15 is 0 Å². The molecule has 1 aromatic rings. The third-order valence-corrected chi connectivity index (χ3v) is 4.72.